The molecule has 1 aliphatic heterocycles. The van der Waals surface area contributed by atoms with Gasteiger partial charge in [0.05, 0.1) is 5.56 Å². The Hall–Kier alpha value is -3.08. The van der Waals surface area contributed by atoms with Crippen molar-refractivity contribution < 1.29 is 19.1 Å². The van der Waals surface area contributed by atoms with E-state index in [1.807, 2.05) is 50.2 Å². The summed E-state index contributed by atoms with van der Waals surface area (Å²) in [5.41, 5.74) is 3.27. The maximum absolute atomic E-state index is 12.7. The summed E-state index contributed by atoms with van der Waals surface area (Å²) in [4.78, 5) is 25.8. The highest BCUT2D eigenvalue weighted by Gasteiger charge is 2.30. The van der Waals surface area contributed by atoms with Crippen LogP contribution in [-0.2, 0) is 4.79 Å². The summed E-state index contributed by atoms with van der Waals surface area (Å²) in [7, 11) is 3.95. The van der Waals surface area contributed by atoms with Crippen molar-refractivity contribution in [2.75, 3.05) is 25.6 Å². The molecule has 0 fully saturated rings. The average Bonchev–Trinajstić information content (AvgIpc) is 2.89. The maximum atomic E-state index is 12.7. The van der Waals surface area contributed by atoms with Crippen LogP contribution in [0.25, 0.3) is 6.08 Å². The Kier molecular flexibility index (Phi) is 4.80. The van der Waals surface area contributed by atoms with E-state index < -0.39 is 0 Å². The molecule has 0 radical (unpaired) electrons. The molecular formula is C21H21NO4. The molecule has 26 heavy (non-hydrogen) atoms. The molecule has 0 amide bonds. The third-order valence-electron chi connectivity index (χ3n) is 4.09. The monoisotopic (exact) mass is 351 g/mol. The van der Waals surface area contributed by atoms with Crippen molar-refractivity contribution in [2.45, 2.75) is 13.8 Å². The van der Waals surface area contributed by atoms with Crippen LogP contribution in [0.3, 0.4) is 0 Å². The molecule has 134 valence electrons. The molecule has 2 aromatic carbocycles. The van der Waals surface area contributed by atoms with Gasteiger partial charge in [0, 0.05) is 25.8 Å². The molecule has 0 N–H and O–H groups in total. The molecule has 1 aliphatic rings. The molecular weight excluding hydrogens is 330 g/mol. The summed E-state index contributed by atoms with van der Waals surface area (Å²) in [5.74, 6) is 1.05. The summed E-state index contributed by atoms with van der Waals surface area (Å²) < 4.78 is 11.2. The van der Waals surface area contributed by atoms with Gasteiger partial charge in [-0.3, -0.25) is 9.59 Å². The highest BCUT2D eigenvalue weighted by molar-refractivity contribution is 6.15. The maximum Gasteiger partial charge on any atom is 0.232 e. The van der Waals surface area contributed by atoms with Gasteiger partial charge in [-0.05, 0) is 49.2 Å². The first kappa shape index (κ1) is 17.7. The van der Waals surface area contributed by atoms with E-state index in [1.165, 1.54) is 6.92 Å². The molecule has 0 saturated heterocycles. The van der Waals surface area contributed by atoms with Gasteiger partial charge in [-0.1, -0.05) is 12.1 Å². The standard InChI is InChI=1S/C21H21NO4/c1-13-9-17(25-12-14(2)23)11-18-20(13)21(24)19(26-18)10-15-5-7-16(8-6-15)22(3)4/h5-11H,12H2,1-4H3/b19-10-. The Balaban J connectivity index is 1.86. The van der Waals surface area contributed by atoms with Gasteiger partial charge in [0.2, 0.25) is 5.78 Å². The van der Waals surface area contributed by atoms with Crippen LogP contribution in [0.5, 0.6) is 11.5 Å². The Morgan fingerprint density at radius 1 is 1.19 bits per heavy atom. The summed E-state index contributed by atoms with van der Waals surface area (Å²) in [6.07, 6.45) is 1.73. The first-order valence-electron chi connectivity index (χ1n) is 8.33. The minimum atomic E-state index is -0.146. The van der Waals surface area contributed by atoms with E-state index in [1.54, 1.807) is 18.2 Å². The van der Waals surface area contributed by atoms with Gasteiger partial charge in [-0.15, -0.1) is 0 Å². The molecule has 0 spiro atoms. The van der Waals surface area contributed by atoms with Gasteiger partial charge in [0.1, 0.15) is 18.1 Å². The molecule has 0 unspecified atom stereocenters. The van der Waals surface area contributed by atoms with E-state index in [0.717, 1.165) is 16.8 Å². The van der Waals surface area contributed by atoms with E-state index in [0.29, 0.717) is 17.1 Å². The van der Waals surface area contributed by atoms with Crippen molar-refractivity contribution in [3.05, 3.63) is 58.8 Å². The predicted molar refractivity (Wildman–Crippen MR) is 101 cm³/mol. The largest absolute Gasteiger partial charge is 0.486 e. The number of allylic oxidation sites excluding steroid dienone is 1. The van der Waals surface area contributed by atoms with E-state index in [4.69, 9.17) is 9.47 Å². The molecule has 3 rings (SSSR count). The average molecular weight is 351 g/mol. The molecule has 0 bridgehead atoms. The van der Waals surface area contributed by atoms with Crippen molar-refractivity contribution >= 4 is 23.3 Å². The number of rotatable bonds is 5. The number of Topliss-reactive ketones (excluding diaryl/α,β-unsaturated/α-hetero) is 2. The zero-order valence-corrected chi connectivity index (χ0v) is 15.3. The summed E-state index contributed by atoms with van der Waals surface area (Å²) in [5, 5.41) is 0. The second kappa shape index (κ2) is 7.04. The molecule has 1 heterocycles. The topological polar surface area (TPSA) is 55.8 Å². The predicted octanol–water partition coefficient (Wildman–Crippen LogP) is 3.65. The smallest absolute Gasteiger partial charge is 0.232 e. The lowest BCUT2D eigenvalue weighted by atomic mass is 10.0. The van der Waals surface area contributed by atoms with Crippen molar-refractivity contribution in [2.24, 2.45) is 0 Å². The number of nitrogens with zero attached hydrogens (tertiary/aromatic N) is 1. The minimum Gasteiger partial charge on any atom is -0.486 e. The number of fused-ring (bicyclic) bond motifs is 1. The third-order valence-corrected chi connectivity index (χ3v) is 4.09. The molecule has 0 saturated carbocycles. The Labute approximate surface area is 152 Å². The van der Waals surface area contributed by atoms with Crippen molar-refractivity contribution in [1.82, 2.24) is 0 Å². The van der Waals surface area contributed by atoms with E-state index in [2.05, 4.69) is 0 Å². The molecule has 0 atom stereocenters. The van der Waals surface area contributed by atoms with Crippen molar-refractivity contribution in [3.63, 3.8) is 0 Å². The van der Waals surface area contributed by atoms with Crippen LogP contribution in [-0.4, -0.2) is 32.3 Å². The van der Waals surface area contributed by atoms with Crippen LogP contribution in [0.1, 0.15) is 28.4 Å². The van der Waals surface area contributed by atoms with Crippen LogP contribution >= 0.6 is 0 Å². The van der Waals surface area contributed by atoms with E-state index in [9.17, 15) is 9.59 Å². The number of ketones is 2. The fourth-order valence-corrected chi connectivity index (χ4v) is 2.77. The summed E-state index contributed by atoms with van der Waals surface area (Å²) >= 11 is 0. The highest BCUT2D eigenvalue weighted by Crippen LogP contribution is 2.37. The van der Waals surface area contributed by atoms with Crippen LogP contribution < -0.4 is 14.4 Å². The van der Waals surface area contributed by atoms with Gasteiger partial charge < -0.3 is 14.4 Å². The van der Waals surface area contributed by atoms with E-state index >= 15 is 0 Å². The summed E-state index contributed by atoms with van der Waals surface area (Å²) in [6.45, 7) is 3.28. The number of ether oxygens (including phenoxy) is 2. The van der Waals surface area contributed by atoms with Gasteiger partial charge in [0.15, 0.2) is 11.5 Å². The van der Waals surface area contributed by atoms with E-state index in [-0.39, 0.29) is 23.9 Å². The van der Waals surface area contributed by atoms with Gasteiger partial charge in [-0.25, -0.2) is 0 Å². The fraction of sp³-hybridized carbons (Fsp3) is 0.238. The first-order valence-corrected chi connectivity index (χ1v) is 8.33. The Morgan fingerprint density at radius 3 is 2.50 bits per heavy atom. The van der Waals surface area contributed by atoms with Gasteiger partial charge >= 0.3 is 0 Å². The van der Waals surface area contributed by atoms with Crippen LogP contribution in [0.15, 0.2) is 42.2 Å². The minimum absolute atomic E-state index is 0.00685. The lowest BCUT2D eigenvalue weighted by molar-refractivity contribution is -0.118. The lowest BCUT2D eigenvalue weighted by Gasteiger charge is -2.11. The third kappa shape index (κ3) is 3.61. The Morgan fingerprint density at radius 2 is 1.88 bits per heavy atom. The normalized spacial score (nSPS) is 14.2. The zero-order chi connectivity index (χ0) is 18.8. The fourth-order valence-electron chi connectivity index (χ4n) is 2.77. The zero-order valence-electron chi connectivity index (χ0n) is 15.3. The highest BCUT2D eigenvalue weighted by atomic mass is 16.5. The number of carbonyl (C=O) groups excluding carboxylic acids is 2. The number of hydrogen-bond acceptors (Lipinski definition) is 5. The molecule has 5 heteroatoms. The number of carbonyl (C=O) groups is 2. The second-order valence-electron chi connectivity index (χ2n) is 6.53. The van der Waals surface area contributed by atoms with Crippen molar-refractivity contribution in [1.29, 1.82) is 0 Å². The quantitative estimate of drug-likeness (QED) is 0.770. The van der Waals surface area contributed by atoms with Gasteiger partial charge in [0.25, 0.3) is 0 Å². The second-order valence-corrected chi connectivity index (χ2v) is 6.53. The molecule has 0 aromatic heterocycles. The molecule has 0 aliphatic carbocycles. The van der Waals surface area contributed by atoms with Crippen molar-refractivity contribution in [3.8, 4) is 11.5 Å². The van der Waals surface area contributed by atoms with Crippen LogP contribution in [0, 0.1) is 6.92 Å². The number of aryl methyl sites for hydroxylation is 1. The van der Waals surface area contributed by atoms with Crippen LogP contribution in [0.2, 0.25) is 0 Å². The first-order chi connectivity index (χ1) is 12.3. The lowest BCUT2D eigenvalue weighted by Crippen LogP contribution is -2.08. The molecule has 2 aromatic rings. The molecule has 5 nitrogen and oxygen atoms in total. The SMILES string of the molecule is CC(=O)COc1cc(C)c2c(c1)O/C(=C\c1ccc(N(C)C)cc1)C2=O. The Bertz CT molecular complexity index is 895. The number of hydrogen-bond donors (Lipinski definition) is 0. The number of benzene rings is 2. The van der Waals surface area contributed by atoms with Gasteiger partial charge in [-0.2, -0.15) is 0 Å². The number of anilines is 1. The summed E-state index contributed by atoms with van der Waals surface area (Å²) in [6, 6.07) is 11.2. The van der Waals surface area contributed by atoms with Crippen LogP contribution in [0.4, 0.5) is 5.69 Å².